The molecule has 3 heterocycles. The van der Waals surface area contributed by atoms with E-state index in [0.717, 1.165) is 44.8 Å². The van der Waals surface area contributed by atoms with E-state index in [1.54, 1.807) is 0 Å². The molecule has 3 fully saturated rings. The Morgan fingerprint density at radius 1 is 1.14 bits per heavy atom. The second-order valence-electron chi connectivity index (χ2n) is 6.96. The zero-order valence-electron chi connectivity index (χ0n) is 13.1. The number of aromatic nitrogens is 3. The number of carbonyl (C=O) groups excluding carboxylic acids is 1. The highest BCUT2D eigenvalue weighted by Gasteiger charge is 2.38. The molecule has 120 valence electrons. The van der Waals surface area contributed by atoms with Crippen molar-refractivity contribution in [3.05, 3.63) is 11.9 Å². The van der Waals surface area contributed by atoms with Gasteiger partial charge in [0.25, 0.3) is 5.91 Å². The van der Waals surface area contributed by atoms with Crippen molar-refractivity contribution < 1.29 is 4.79 Å². The molecular formula is C16H25N5O. The smallest absolute Gasteiger partial charge is 0.276 e. The molecular weight excluding hydrogens is 278 g/mol. The van der Waals surface area contributed by atoms with E-state index in [2.05, 4.69) is 20.5 Å². The van der Waals surface area contributed by atoms with Crippen LogP contribution in [0.15, 0.2) is 6.20 Å². The Balaban J connectivity index is 1.49. The van der Waals surface area contributed by atoms with Crippen molar-refractivity contribution in [2.45, 2.75) is 57.0 Å². The molecule has 1 aromatic rings. The van der Waals surface area contributed by atoms with Gasteiger partial charge in [-0.15, -0.1) is 5.10 Å². The van der Waals surface area contributed by atoms with Crippen molar-refractivity contribution in [3.8, 4) is 0 Å². The summed E-state index contributed by atoms with van der Waals surface area (Å²) in [6.07, 6.45) is 10.1. The fourth-order valence-electron chi connectivity index (χ4n) is 4.48. The average Bonchev–Trinajstić information content (AvgIpc) is 3.24. The number of hydrogen-bond donors (Lipinski definition) is 1. The molecule has 6 heteroatoms. The standard InChI is InChI=1S/C16H25N5O/c22-16(20-10-2-4-12-3-1-5-15(12)20)14-11-21(19-18-14)13-6-8-17-9-7-13/h11-13,15,17H,1-10H2. The first-order chi connectivity index (χ1) is 10.8. The quantitative estimate of drug-likeness (QED) is 0.901. The molecule has 2 aliphatic heterocycles. The molecule has 0 spiro atoms. The molecule has 3 aliphatic rings. The maximum atomic E-state index is 12.8. The number of rotatable bonds is 2. The first-order valence-corrected chi connectivity index (χ1v) is 8.76. The van der Waals surface area contributed by atoms with Crippen LogP contribution in [0.4, 0.5) is 0 Å². The number of fused-ring (bicyclic) bond motifs is 1. The highest BCUT2D eigenvalue weighted by Crippen LogP contribution is 2.37. The summed E-state index contributed by atoms with van der Waals surface area (Å²) < 4.78 is 1.91. The molecule has 0 bridgehead atoms. The van der Waals surface area contributed by atoms with Gasteiger partial charge in [-0.2, -0.15) is 0 Å². The maximum Gasteiger partial charge on any atom is 0.276 e. The van der Waals surface area contributed by atoms with Crippen LogP contribution in [0, 0.1) is 5.92 Å². The van der Waals surface area contributed by atoms with E-state index in [0.29, 0.717) is 17.8 Å². The van der Waals surface area contributed by atoms with E-state index in [9.17, 15) is 4.79 Å². The highest BCUT2D eigenvalue weighted by molar-refractivity contribution is 5.92. The molecule has 0 radical (unpaired) electrons. The van der Waals surface area contributed by atoms with Crippen LogP contribution in [0.3, 0.4) is 0 Å². The van der Waals surface area contributed by atoms with Crippen LogP contribution in [-0.4, -0.2) is 51.5 Å². The minimum absolute atomic E-state index is 0.0942. The molecule has 1 aromatic heterocycles. The summed E-state index contributed by atoms with van der Waals surface area (Å²) >= 11 is 0. The Kier molecular flexibility index (Phi) is 3.86. The second-order valence-corrected chi connectivity index (χ2v) is 6.96. The summed E-state index contributed by atoms with van der Waals surface area (Å²) in [5.41, 5.74) is 0.533. The number of piperidine rings is 2. The van der Waals surface area contributed by atoms with Gasteiger partial charge >= 0.3 is 0 Å². The molecule has 4 rings (SSSR count). The van der Waals surface area contributed by atoms with Gasteiger partial charge < -0.3 is 10.2 Å². The van der Waals surface area contributed by atoms with Crippen molar-refractivity contribution in [2.24, 2.45) is 5.92 Å². The minimum atomic E-state index is 0.0942. The number of nitrogens with zero attached hydrogens (tertiary/aromatic N) is 4. The van der Waals surface area contributed by atoms with E-state index in [1.807, 2.05) is 10.9 Å². The van der Waals surface area contributed by atoms with Crippen molar-refractivity contribution in [1.82, 2.24) is 25.2 Å². The van der Waals surface area contributed by atoms with Crippen LogP contribution in [0.25, 0.3) is 0 Å². The molecule has 2 atom stereocenters. The predicted molar refractivity (Wildman–Crippen MR) is 82.6 cm³/mol. The average molecular weight is 303 g/mol. The molecule has 22 heavy (non-hydrogen) atoms. The van der Waals surface area contributed by atoms with Gasteiger partial charge in [-0.05, 0) is 57.5 Å². The predicted octanol–water partition coefficient (Wildman–Crippen LogP) is 1.61. The van der Waals surface area contributed by atoms with Gasteiger partial charge in [0.2, 0.25) is 0 Å². The molecule has 0 aromatic carbocycles. The fourth-order valence-corrected chi connectivity index (χ4v) is 4.48. The third-order valence-corrected chi connectivity index (χ3v) is 5.67. The van der Waals surface area contributed by atoms with E-state index in [-0.39, 0.29) is 5.91 Å². The first-order valence-electron chi connectivity index (χ1n) is 8.76. The van der Waals surface area contributed by atoms with Crippen LogP contribution in [-0.2, 0) is 0 Å². The number of likely N-dealkylation sites (tertiary alicyclic amines) is 1. The summed E-state index contributed by atoms with van der Waals surface area (Å²) in [4.78, 5) is 14.9. The van der Waals surface area contributed by atoms with E-state index < -0.39 is 0 Å². The lowest BCUT2D eigenvalue weighted by atomic mass is 9.92. The van der Waals surface area contributed by atoms with Crippen LogP contribution < -0.4 is 5.32 Å². The molecule has 1 N–H and O–H groups in total. The van der Waals surface area contributed by atoms with E-state index >= 15 is 0 Å². The number of nitrogens with one attached hydrogen (secondary N) is 1. The van der Waals surface area contributed by atoms with Gasteiger partial charge in [0, 0.05) is 12.6 Å². The molecule has 6 nitrogen and oxygen atoms in total. The summed E-state index contributed by atoms with van der Waals surface area (Å²) in [5, 5.41) is 11.8. The number of carbonyl (C=O) groups is 1. The van der Waals surface area contributed by atoms with Gasteiger partial charge in [-0.1, -0.05) is 11.6 Å². The Morgan fingerprint density at radius 3 is 2.82 bits per heavy atom. The largest absolute Gasteiger partial charge is 0.334 e. The molecule has 2 saturated heterocycles. The van der Waals surface area contributed by atoms with Crippen molar-refractivity contribution in [1.29, 1.82) is 0 Å². The Hall–Kier alpha value is -1.43. The molecule has 1 saturated carbocycles. The van der Waals surface area contributed by atoms with Crippen molar-refractivity contribution in [3.63, 3.8) is 0 Å². The first kappa shape index (κ1) is 14.2. The van der Waals surface area contributed by atoms with Crippen LogP contribution >= 0.6 is 0 Å². The Morgan fingerprint density at radius 2 is 1.95 bits per heavy atom. The molecule has 1 amide bonds. The molecule has 1 aliphatic carbocycles. The maximum absolute atomic E-state index is 12.8. The lowest BCUT2D eigenvalue weighted by Crippen LogP contribution is -2.46. The van der Waals surface area contributed by atoms with Gasteiger partial charge in [-0.25, -0.2) is 4.68 Å². The summed E-state index contributed by atoms with van der Waals surface area (Å²) in [6.45, 7) is 2.92. The minimum Gasteiger partial charge on any atom is -0.334 e. The lowest BCUT2D eigenvalue weighted by molar-refractivity contribution is 0.0542. The van der Waals surface area contributed by atoms with Crippen LogP contribution in [0.2, 0.25) is 0 Å². The molecule has 2 unspecified atom stereocenters. The van der Waals surface area contributed by atoms with Crippen molar-refractivity contribution >= 4 is 5.91 Å². The van der Waals surface area contributed by atoms with Gasteiger partial charge in [-0.3, -0.25) is 4.79 Å². The van der Waals surface area contributed by atoms with Crippen LogP contribution in [0.1, 0.15) is 61.5 Å². The number of hydrogen-bond acceptors (Lipinski definition) is 4. The fraction of sp³-hybridized carbons (Fsp3) is 0.812. The topological polar surface area (TPSA) is 63.1 Å². The van der Waals surface area contributed by atoms with E-state index in [1.165, 1.54) is 25.7 Å². The third-order valence-electron chi connectivity index (χ3n) is 5.67. The summed E-state index contributed by atoms with van der Waals surface area (Å²) in [5.74, 6) is 0.814. The third kappa shape index (κ3) is 2.53. The Labute approximate surface area is 131 Å². The van der Waals surface area contributed by atoms with Gasteiger partial charge in [0.15, 0.2) is 5.69 Å². The summed E-state index contributed by atoms with van der Waals surface area (Å²) in [7, 11) is 0. The van der Waals surface area contributed by atoms with E-state index in [4.69, 9.17) is 0 Å². The monoisotopic (exact) mass is 303 g/mol. The second kappa shape index (κ2) is 5.99. The summed E-state index contributed by atoms with van der Waals surface area (Å²) in [6, 6.07) is 0.834. The van der Waals surface area contributed by atoms with Crippen LogP contribution in [0.5, 0.6) is 0 Å². The highest BCUT2D eigenvalue weighted by atomic mass is 16.2. The normalized spacial score (nSPS) is 29.5. The van der Waals surface area contributed by atoms with Gasteiger partial charge in [0.1, 0.15) is 0 Å². The van der Waals surface area contributed by atoms with Gasteiger partial charge in [0.05, 0.1) is 12.2 Å². The number of amides is 1. The zero-order chi connectivity index (χ0) is 14.9. The lowest BCUT2D eigenvalue weighted by Gasteiger charge is -2.37. The Bertz CT molecular complexity index is 536. The zero-order valence-corrected chi connectivity index (χ0v) is 13.1. The SMILES string of the molecule is O=C(c1cn(C2CCNCC2)nn1)N1CCCC2CCCC21. The van der Waals surface area contributed by atoms with Crippen molar-refractivity contribution in [2.75, 3.05) is 19.6 Å².